The van der Waals surface area contributed by atoms with E-state index < -0.39 is 0 Å². The van der Waals surface area contributed by atoms with Gasteiger partial charge in [0.1, 0.15) is 5.75 Å². The fourth-order valence-corrected chi connectivity index (χ4v) is 4.41. The second-order valence-electron chi connectivity index (χ2n) is 4.85. The Kier molecular flexibility index (Phi) is 4.64. The van der Waals surface area contributed by atoms with Crippen molar-refractivity contribution in [2.24, 2.45) is 5.84 Å². The molecule has 2 heterocycles. The molecule has 21 heavy (non-hydrogen) atoms. The van der Waals surface area contributed by atoms with Gasteiger partial charge in [-0.25, -0.2) is 0 Å². The molecule has 2 aromatic rings. The van der Waals surface area contributed by atoms with Crippen LogP contribution in [-0.4, -0.2) is 6.61 Å². The number of rotatable bonds is 4. The Morgan fingerprint density at radius 2 is 2.10 bits per heavy atom. The molecule has 0 saturated heterocycles. The molecule has 1 atom stereocenters. The minimum atomic E-state index is -0.145. The zero-order valence-electron chi connectivity index (χ0n) is 11.0. The van der Waals surface area contributed by atoms with Gasteiger partial charge in [0.2, 0.25) is 0 Å². The molecule has 3 N–H and O–H groups in total. The predicted molar refractivity (Wildman–Crippen MR) is 88.8 cm³/mol. The first-order valence-electron chi connectivity index (χ1n) is 6.43. The summed E-state index contributed by atoms with van der Waals surface area (Å²) in [5.41, 5.74) is 5.85. The lowest BCUT2D eigenvalue weighted by Crippen LogP contribution is -2.29. The predicted octanol–water partition coefficient (Wildman–Crippen LogP) is 4.39. The summed E-state index contributed by atoms with van der Waals surface area (Å²) in [7, 11) is 0. The SMILES string of the molecule is NNC(Cc1cc(Cl)cc2c1OCC2)c1cc(Cl)sc1Cl. The number of fused-ring (bicyclic) bond motifs is 1. The molecule has 0 saturated carbocycles. The first kappa shape index (κ1) is 15.4. The van der Waals surface area contributed by atoms with E-state index in [0.29, 0.717) is 26.7 Å². The molecule has 112 valence electrons. The van der Waals surface area contributed by atoms with E-state index in [2.05, 4.69) is 5.43 Å². The van der Waals surface area contributed by atoms with Crippen molar-refractivity contribution >= 4 is 46.1 Å². The zero-order valence-corrected chi connectivity index (χ0v) is 14.0. The Hall–Kier alpha value is -0.490. The van der Waals surface area contributed by atoms with Crippen LogP contribution in [0.25, 0.3) is 0 Å². The Labute approximate surface area is 141 Å². The van der Waals surface area contributed by atoms with Gasteiger partial charge in [-0.05, 0) is 35.7 Å². The number of nitrogens with one attached hydrogen (secondary N) is 1. The van der Waals surface area contributed by atoms with Gasteiger partial charge in [-0.1, -0.05) is 34.8 Å². The fraction of sp³-hybridized carbons (Fsp3) is 0.286. The van der Waals surface area contributed by atoms with Gasteiger partial charge < -0.3 is 4.74 Å². The van der Waals surface area contributed by atoms with Crippen molar-refractivity contribution in [3.63, 3.8) is 0 Å². The van der Waals surface area contributed by atoms with Gasteiger partial charge in [0, 0.05) is 17.0 Å². The van der Waals surface area contributed by atoms with Crippen LogP contribution in [0.15, 0.2) is 18.2 Å². The van der Waals surface area contributed by atoms with Crippen LogP contribution >= 0.6 is 46.1 Å². The van der Waals surface area contributed by atoms with Crippen molar-refractivity contribution in [3.05, 3.63) is 48.6 Å². The number of hydrogen-bond donors (Lipinski definition) is 2. The molecule has 1 unspecified atom stereocenters. The quantitative estimate of drug-likeness (QED) is 0.625. The Balaban J connectivity index is 1.93. The molecule has 0 spiro atoms. The summed E-state index contributed by atoms with van der Waals surface area (Å²) >= 11 is 19.7. The van der Waals surface area contributed by atoms with Crippen molar-refractivity contribution in [2.45, 2.75) is 18.9 Å². The topological polar surface area (TPSA) is 47.3 Å². The normalized spacial score (nSPS) is 14.9. The second kappa shape index (κ2) is 6.32. The molecule has 0 aliphatic carbocycles. The van der Waals surface area contributed by atoms with Crippen LogP contribution in [0, 0.1) is 0 Å². The van der Waals surface area contributed by atoms with Crippen LogP contribution in [0.2, 0.25) is 13.7 Å². The van der Waals surface area contributed by atoms with Gasteiger partial charge in [0.25, 0.3) is 0 Å². The summed E-state index contributed by atoms with van der Waals surface area (Å²) in [5.74, 6) is 6.61. The zero-order chi connectivity index (χ0) is 15.0. The van der Waals surface area contributed by atoms with E-state index >= 15 is 0 Å². The monoisotopic (exact) mass is 362 g/mol. The number of halogens is 3. The molecule has 3 rings (SSSR count). The molecular weight excluding hydrogens is 351 g/mol. The van der Waals surface area contributed by atoms with Crippen LogP contribution in [0.4, 0.5) is 0 Å². The molecule has 0 radical (unpaired) electrons. The van der Waals surface area contributed by atoms with Crippen molar-refractivity contribution in [2.75, 3.05) is 6.61 Å². The third-order valence-electron chi connectivity index (χ3n) is 3.51. The minimum absolute atomic E-state index is 0.145. The maximum absolute atomic E-state index is 6.21. The fourth-order valence-electron chi connectivity index (χ4n) is 2.57. The summed E-state index contributed by atoms with van der Waals surface area (Å²) in [5, 5.41) is 0.708. The van der Waals surface area contributed by atoms with E-state index in [1.807, 2.05) is 18.2 Å². The van der Waals surface area contributed by atoms with Crippen molar-refractivity contribution in [1.82, 2.24) is 5.43 Å². The second-order valence-corrected chi connectivity index (χ2v) is 7.58. The highest BCUT2D eigenvalue weighted by atomic mass is 35.5. The van der Waals surface area contributed by atoms with Gasteiger partial charge >= 0.3 is 0 Å². The smallest absolute Gasteiger partial charge is 0.125 e. The molecule has 0 fully saturated rings. The first-order valence-corrected chi connectivity index (χ1v) is 8.38. The number of benzene rings is 1. The van der Waals surface area contributed by atoms with Crippen LogP contribution in [0.5, 0.6) is 5.75 Å². The molecule has 1 aromatic carbocycles. The van der Waals surface area contributed by atoms with E-state index in [9.17, 15) is 0 Å². The Morgan fingerprint density at radius 3 is 2.76 bits per heavy atom. The first-order chi connectivity index (χ1) is 10.1. The van der Waals surface area contributed by atoms with E-state index in [1.54, 1.807) is 0 Å². The lowest BCUT2D eigenvalue weighted by atomic mass is 9.98. The molecule has 0 bridgehead atoms. The summed E-state index contributed by atoms with van der Waals surface area (Å²) in [6.45, 7) is 0.689. The average molecular weight is 364 g/mol. The van der Waals surface area contributed by atoms with E-state index in [1.165, 1.54) is 11.3 Å². The largest absolute Gasteiger partial charge is 0.493 e. The molecule has 1 aliphatic rings. The van der Waals surface area contributed by atoms with Gasteiger partial charge in [-0.15, -0.1) is 11.3 Å². The number of ether oxygens (including phenoxy) is 1. The molecule has 3 nitrogen and oxygen atoms in total. The Morgan fingerprint density at radius 1 is 1.29 bits per heavy atom. The molecule has 7 heteroatoms. The summed E-state index contributed by atoms with van der Waals surface area (Å²) in [6, 6.07) is 5.56. The number of hydrogen-bond acceptors (Lipinski definition) is 4. The average Bonchev–Trinajstić information content (AvgIpc) is 3.02. The number of thiophene rings is 1. The highest BCUT2D eigenvalue weighted by molar-refractivity contribution is 7.20. The van der Waals surface area contributed by atoms with Crippen LogP contribution in [0.3, 0.4) is 0 Å². The van der Waals surface area contributed by atoms with E-state index in [4.69, 9.17) is 45.4 Å². The minimum Gasteiger partial charge on any atom is -0.493 e. The van der Waals surface area contributed by atoms with Gasteiger partial charge in [-0.2, -0.15) is 0 Å². The Bertz CT molecular complexity index is 674. The van der Waals surface area contributed by atoms with Crippen LogP contribution in [-0.2, 0) is 12.8 Å². The van der Waals surface area contributed by atoms with Gasteiger partial charge in [-0.3, -0.25) is 11.3 Å². The standard InChI is InChI=1S/C14H13Cl3N2OS/c15-9-3-7-1-2-20-13(7)8(4-9)5-11(19-18)10-6-12(16)21-14(10)17/h3-4,6,11,19H,1-2,5,18H2. The van der Waals surface area contributed by atoms with Gasteiger partial charge in [0.15, 0.2) is 0 Å². The van der Waals surface area contributed by atoms with Crippen LogP contribution in [0.1, 0.15) is 22.7 Å². The van der Waals surface area contributed by atoms with Crippen molar-refractivity contribution in [1.29, 1.82) is 0 Å². The third kappa shape index (κ3) is 3.16. The van der Waals surface area contributed by atoms with Crippen molar-refractivity contribution in [3.8, 4) is 5.75 Å². The maximum Gasteiger partial charge on any atom is 0.125 e. The highest BCUT2D eigenvalue weighted by Crippen LogP contribution is 2.39. The lowest BCUT2D eigenvalue weighted by Gasteiger charge is -2.17. The number of hydrazine groups is 1. The molecular formula is C14H13Cl3N2OS. The lowest BCUT2D eigenvalue weighted by molar-refractivity contribution is 0.351. The molecule has 1 aromatic heterocycles. The van der Waals surface area contributed by atoms with Gasteiger partial charge in [0.05, 0.1) is 21.3 Å². The highest BCUT2D eigenvalue weighted by Gasteiger charge is 2.22. The molecule has 1 aliphatic heterocycles. The van der Waals surface area contributed by atoms with E-state index in [0.717, 1.165) is 28.9 Å². The van der Waals surface area contributed by atoms with Crippen LogP contribution < -0.4 is 16.0 Å². The maximum atomic E-state index is 6.21. The molecule has 0 amide bonds. The summed E-state index contributed by atoms with van der Waals surface area (Å²) in [6.07, 6.45) is 1.51. The third-order valence-corrected chi connectivity index (χ3v) is 5.25. The summed E-state index contributed by atoms with van der Waals surface area (Å²) < 4.78 is 7.00. The number of nitrogens with two attached hydrogens (primary N) is 1. The summed E-state index contributed by atoms with van der Waals surface area (Å²) in [4.78, 5) is 0. The van der Waals surface area contributed by atoms with E-state index in [-0.39, 0.29) is 6.04 Å². The van der Waals surface area contributed by atoms with Crippen molar-refractivity contribution < 1.29 is 4.74 Å².